The number of aromatic nitrogens is 1. The van der Waals surface area contributed by atoms with E-state index >= 15 is 0 Å². The number of aromatic hydroxyl groups is 1. The lowest BCUT2D eigenvalue weighted by Gasteiger charge is -2.25. The Morgan fingerprint density at radius 2 is 2.06 bits per heavy atom. The maximum Gasteiger partial charge on any atom is 0.306 e. The number of allylic oxidation sites excluding steroid dienone is 1. The van der Waals surface area contributed by atoms with Crippen LogP contribution in [0.2, 0.25) is 0 Å². The first kappa shape index (κ1) is 21.9. The molecule has 0 spiro atoms. The highest BCUT2D eigenvalue weighted by Crippen LogP contribution is 2.46. The van der Waals surface area contributed by atoms with Gasteiger partial charge in [-0.25, -0.2) is 0 Å². The second-order valence-electron chi connectivity index (χ2n) is 8.24. The molecule has 5 rings (SSSR count). The van der Waals surface area contributed by atoms with E-state index in [0.29, 0.717) is 37.4 Å². The normalized spacial score (nSPS) is 17.5. The fourth-order valence-corrected chi connectivity index (χ4v) is 4.41. The fourth-order valence-electron chi connectivity index (χ4n) is 4.41. The predicted octanol–water partition coefficient (Wildman–Crippen LogP) is 3.38. The summed E-state index contributed by atoms with van der Waals surface area (Å²) in [4.78, 5) is 31.8. The smallest absolute Gasteiger partial charge is 0.306 e. The molecule has 2 aromatic carbocycles. The molecule has 2 aliphatic rings. The number of methoxy groups -OCH3 is 1. The van der Waals surface area contributed by atoms with Gasteiger partial charge >= 0.3 is 5.97 Å². The number of hydrogen-bond acceptors (Lipinski definition) is 8. The number of carbonyl (C=O) groups is 2. The number of phenolic OH excluding ortho intramolecular Hbond substituents is 1. The highest BCUT2D eigenvalue weighted by Gasteiger charge is 2.36. The first-order valence-electron chi connectivity index (χ1n) is 11.1. The van der Waals surface area contributed by atoms with Gasteiger partial charge in [-0.2, -0.15) is 0 Å². The van der Waals surface area contributed by atoms with Gasteiger partial charge in [0.25, 0.3) is 0 Å². The Labute approximate surface area is 196 Å². The molecule has 1 saturated heterocycles. The van der Waals surface area contributed by atoms with Crippen LogP contribution in [-0.4, -0.2) is 60.2 Å². The molecule has 1 N–H and O–H groups in total. The minimum atomic E-state index is -0.595. The number of pyridine rings is 1. The Morgan fingerprint density at radius 3 is 2.85 bits per heavy atom. The van der Waals surface area contributed by atoms with Crippen LogP contribution in [0.1, 0.15) is 33.8 Å². The van der Waals surface area contributed by atoms with Crippen LogP contribution >= 0.6 is 0 Å². The summed E-state index contributed by atoms with van der Waals surface area (Å²) in [7, 11) is 1.32. The van der Waals surface area contributed by atoms with Crippen LogP contribution in [-0.2, 0) is 14.3 Å². The van der Waals surface area contributed by atoms with Gasteiger partial charge in [-0.15, -0.1) is 0 Å². The van der Waals surface area contributed by atoms with Crippen LogP contribution in [0, 0.1) is 0 Å². The molecule has 0 bridgehead atoms. The van der Waals surface area contributed by atoms with Crippen molar-refractivity contribution in [1.29, 1.82) is 0 Å². The van der Waals surface area contributed by atoms with Crippen LogP contribution in [0.3, 0.4) is 0 Å². The van der Waals surface area contributed by atoms with Gasteiger partial charge in [-0.05, 0) is 35.9 Å². The number of carbonyl (C=O) groups excluding carboxylic acids is 2. The van der Waals surface area contributed by atoms with Gasteiger partial charge in [-0.1, -0.05) is 12.1 Å². The first-order chi connectivity index (χ1) is 16.5. The summed E-state index contributed by atoms with van der Waals surface area (Å²) < 4.78 is 16.4. The Balaban J connectivity index is 1.59. The van der Waals surface area contributed by atoms with Crippen molar-refractivity contribution in [2.75, 3.05) is 33.4 Å². The third-order valence-electron chi connectivity index (χ3n) is 6.18. The maximum absolute atomic E-state index is 13.1. The zero-order valence-electron chi connectivity index (χ0n) is 18.7. The summed E-state index contributed by atoms with van der Waals surface area (Å²) in [5.41, 5.74) is 2.32. The zero-order valence-corrected chi connectivity index (χ0v) is 18.7. The summed E-state index contributed by atoms with van der Waals surface area (Å²) in [5.74, 6) is -0.904. The van der Waals surface area contributed by atoms with Gasteiger partial charge in [-0.3, -0.25) is 14.6 Å². The van der Waals surface area contributed by atoms with Crippen molar-refractivity contribution >= 4 is 22.7 Å². The van der Waals surface area contributed by atoms with E-state index in [4.69, 9.17) is 14.2 Å². The molecule has 34 heavy (non-hydrogen) atoms. The predicted molar refractivity (Wildman–Crippen MR) is 124 cm³/mol. The summed E-state index contributed by atoms with van der Waals surface area (Å²) in [6.07, 6.45) is 3.38. The Hall–Kier alpha value is -3.91. The van der Waals surface area contributed by atoms with Gasteiger partial charge in [0, 0.05) is 42.4 Å². The molecule has 1 aromatic heterocycles. The number of ketones is 1. The minimum absolute atomic E-state index is 0.0354. The summed E-state index contributed by atoms with van der Waals surface area (Å²) in [6, 6.07) is 12.4. The number of esters is 1. The van der Waals surface area contributed by atoms with Crippen LogP contribution in [0.5, 0.6) is 11.5 Å². The highest BCUT2D eigenvalue weighted by atomic mass is 16.5. The van der Waals surface area contributed by atoms with Crippen LogP contribution < -0.4 is 4.74 Å². The summed E-state index contributed by atoms with van der Waals surface area (Å²) in [6.45, 7) is 2.47. The number of phenols is 1. The number of fused-ring (bicyclic) bond motifs is 2. The van der Waals surface area contributed by atoms with E-state index in [9.17, 15) is 14.7 Å². The van der Waals surface area contributed by atoms with Crippen LogP contribution in [0.4, 0.5) is 0 Å². The number of rotatable bonds is 5. The molecular weight excluding hydrogens is 436 g/mol. The maximum atomic E-state index is 13.1. The largest absolute Gasteiger partial charge is 0.508 e. The highest BCUT2D eigenvalue weighted by molar-refractivity contribution is 6.12. The lowest BCUT2D eigenvalue weighted by Crippen LogP contribution is -2.32. The molecular formula is C26H24N2O6. The number of benzene rings is 2. The van der Waals surface area contributed by atoms with Crippen molar-refractivity contribution < 1.29 is 28.9 Å². The Kier molecular flexibility index (Phi) is 5.90. The second kappa shape index (κ2) is 9.15. The van der Waals surface area contributed by atoms with E-state index in [1.807, 2.05) is 35.2 Å². The van der Waals surface area contributed by atoms with Crippen molar-refractivity contribution in [1.82, 2.24) is 9.88 Å². The molecule has 3 heterocycles. The number of ether oxygens (including phenoxy) is 3. The average molecular weight is 460 g/mol. The van der Waals surface area contributed by atoms with Crippen LogP contribution in [0.15, 0.2) is 60.6 Å². The topological polar surface area (TPSA) is 98.2 Å². The summed E-state index contributed by atoms with van der Waals surface area (Å²) in [5, 5.41) is 11.8. The van der Waals surface area contributed by atoms with Crippen molar-refractivity contribution in [3.63, 3.8) is 0 Å². The van der Waals surface area contributed by atoms with Gasteiger partial charge in [0.05, 0.1) is 37.8 Å². The molecule has 1 atom stereocenters. The lowest BCUT2D eigenvalue weighted by atomic mass is 9.85. The minimum Gasteiger partial charge on any atom is -0.508 e. The van der Waals surface area contributed by atoms with Crippen molar-refractivity contribution in [2.45, 2.75) is 12.3 Å². The van der Waals surface area contributed by atoms with Crippen molar-refractivity contribution in [3.05, 3.63) is 77.3 Å². The number of morpholine rings is 1. The van der Waals surface area contributed by atoms with E-state index in [1.165, 1.54) is 13.2 Å². The Morgan fingerprint density at radius 1 is 1.24 bits per heavy atom. The Bertz CT molecular complexity index is 1300. The second-order valence-corrected chi connectivity index (χ2v) is 8.24. The van der Waals surface area contributed by atoms with Crippen molar-refractivity contribution in [2.24, 2.45) is 0 Å². The fraction of sp³-hybridized carbons (Fsp3) is 0.269. The molecule has 0 amide bonds. The lowest BCUT2D eigenvalue weighted by molar-refractivity contribution is -0.140. The van der Waals surface area contributed by atoms with Crippen molar-refractivity contribution in [3.8, 4) is 11.5 Å². The van der Waals surface area contributed by atoms with Crippen LogP contribution in [0.25, 0.3) is 10.9 Å². The number of Topliss-reactive ketones (excluding diaryl/α,β-unsaturated/α-hetero) is 1. The molecule has 8 nitrogen and oxygen atoms in total. The third-order valence-corrected chi connectivity index (χ3v) is 6.18. The molecule has 3 aromatic rings. The molecule has 0 aliphatic carbocycles. The van der Waals surface area contributed by atoms with Gasteiger partial charge in [0.2, 0.25) is 5.78 Å². The van der Waals surface area contributed by atoms with E-state index in [1.54, 1.807) is 18.5 Å². The van der Waals surface area contributed by atoms with E-state index in [-0.39, 0.29) is 29.5 Å². The molecule has 8 heteroatoms. The van der Waals surface area contributed by atoms with Gasteiger partial charge in [0.15, 0.2) is 5.76 Å². The van der Waals surface area contributed by atoms with E-state index in [2.05, 4.69) is 4.98 Å². The molecule has 2 aliphatic heterocycles. The summed E-state index contributed by atoms with van der Waals surface area (Å²) >= 11 is 0. The molecule has 0 saturated carbocycles. The molecule has 174 valence electrons. The van der Waals surface area contributed by atoms with Gasteiger partial charge in [0.1, 0.15) is 11.5 Å². The quantitative estimate of drug-likeness (QED) is 0.457. The zero-order chi connectivity index (χ0) is 23.7. The van der Waals surface area contributed by atoms with E-state index in [0.717, 1.165) is 16.5 Å². The average Bonchev–Trinajstić information content (AvgIpc) is 3.18. The molecule has 0 radical (unpaired) electrons. The third kappa shape index (κ3) is 4.08. The number of nitrogens with zero attached hydrogens (tertiary/aromatic N) is 2. The monoisotopic (exact) mass is 460 g/mol. The number of hydrogen-bond donors (Lipinski definition) is 1. The SMILES string of the molecule is COC(=O)CC(c1ccc2ncccc2c1)c1c(O)ccc2c1O/C(=C\N1CCOCC1)C2=O. The standard InChI is InChI=1S/C26H24N2O6/c1-32-23(30)14-19(16-4-6-20-17(13-16)3-2-8-27-20)24-21(29)7-5-18-25(31)22(34-26(18)24)15-28-9-11-33-12-10-28/h2-8,13,15,19,29H,9-12,14H2,1H3/b22-15-. The molecule has 1 unspecified atom stereocenters. The molecule has 1 fully saturated rings. The first-order valence-corrected chi connectivity index (χ1v) is 11.1. The van der Waals surface area contributed by atoms with E-state index < -0.39 is 11.9 Å². The van der Waals surface area contributed by atoms with Gasteiger partial charge < -0.3 is 24.2 Å².